The van der Waals surface area contributed by atoms with Gasteiger partial charge in [-0.1, -0.05) is 37.3 Å². The molecule has 10 heavy (non-hydrogen) atoms. The highest BCUT2D eigenvalue weighted by atomic mass is 35.5. The number of hydrogen-bond donors (Lipinski definition) is 1. The minimum absolute atomic E-state index is 0.878. The monoisotopic (exact) mass is 177 g/mol. The lowest BCUT2D eigenvalue weighted by Gasteiger charge is -2.14. The molecule has 0 aliphatic rings. The Morgan fingerprint density at radius 3 is 2.30 bits per heavy atom. The molecule has 0 aliphatic heterocycles. The molecule has 0 bridgehead atoms. The van der Waals surface area contributed by atoms with Gasteiger partial charge in [-0.3, -0.25) is 0 Å². The van der Waals surface area contributed by atoms with Crippen LogP contribution in [0.15, 0.2) is 10.7 Å². The SMILES string of the molecule is CNC/C=C(/Cl)[Si](C)(C)C. The van der Waals surface area contributed by atoms with Crippen molar-refractivity contribution in [3.05, 3.63) is 10.7 Å². The summed E-state index contributed by atoms with van der Waals surface area (Å²) in [6, 6.07) is 0. The molecular weight excluding hydrogens is 162 g/mol. The first-order valence-corrected chi connectivity index (χ1v) is 7.37. The summed E-state index contributed by atoms with van der Waals surface area (Å²) in [6.07, 6.45) is 2.06. The van der Waals surface area contributed by atoms with Gasteiger partial charge in [0.25, 0.3) is 0 Å². The van der Waals surface area contributed by atoms with Crippen LogP contribution < -0.4 is 5.32 Å². The molecule has 0 aromatic heterocycles. The van der Waals surface area contributed by atoms with Gasteiger partial charge in [-0.05, 0) is 7.05 Å². The average molecular weight is 178 g/mol. The zero-order chi connectivity index (χ0) is 8.20. The fourth-order valence-corrected chi connectivity index (χ4v) is 1.29. The maximum Gasteiger partial charge on any atom is 0.0918 e. The summed E-state index contributed by atoms with van der Waals surface area (Å²) in [5, 5.41) is 3.03. The molecule has 0 saturated carbocycles. The lowest BCUT2D eigenvalue weighted by molar-refractivity contribution is 0.919. The molecule has 0 rings (SSSR count). The lowest BCUT2D eigenvalue weighted by atomic mass is 10.6. The summed E-state index contributed by atoms with van der Waals surface area (Å²) in [6.45, 7) is 7.59. The molecule has 0 aliphatic carbocycles. The summed E-state index contributed by atoms with van der Waals surface area (Å²) < 4.78 is 1.06. The van der Waals surface area contributed by atoms with Crippen molar-refractivity contribution in [1.82, 2.24) is 5.32 Å². The van der Waals surface area contributed by atoms with Crippen molar-refractivity contribution in [3.8, 4) is 0 Å². The fraction of sp³-hybridized carbons (Fsp3) is 0.714. The zero-order valence-electron chi connectivity index (χ0n) is 7.16. The predicted octanol–water partition coefficient (Wildman–Crippen LogP) is 2.21. The number of hydrogen-bond acceptors (Lipinski definition) is 1. The molecule has 0 spiro atoms. The van der Waals surface area contributed by atoms with E-state index in [-0.39, 0.29) is 0 Å². The Kier molecular flexibility index (Phi) is 4.25. The Morgan fingerprint density at radius 2 is 2.00 bits per heavy atom. The van der Waals surface area contributed by atoms with Crippen molar-refractivity contribution in [2.45, 2.75) is 19.6 Å². The van der Waals surface area contributed by atoms with Crippen LogP contribution in [0.4, 0.5) is 0 Å². The normalized spacial score (nSPS) is 13.9. The second-order valence-corrected chi connectivity index (χ2v) is 9.12. The highest BCUT2D eigenvalue weighted by Crippen LogP contribution is 2.17. The van der Waals surface area contributed by atoms with Crippen LogP contribution in [-0.4, -0.2) is 21.7 Å². The summed E-state index contributed by atoms with van der Waals surface area (Å²) in [7, 11) is 0.710. The Labute approximate surface area is 69.5 Å². The molecule has 0 radical (unpaired) electrons. The van der Waals surface area contributed by atoms with Crippen LogP contribution in [0.2, 0.25) is 19.6 Å². The highest BCUT2D eigenvalue weighted by Gasteiger charge is 2.16. The summed E-state index contributed by atoms with van der Waals surface area (Å²) in [5.74, 6) is 0. The first-order valence-electron chi connectivity index (χ1n) is 3.49. The van der Waals surface area contributed by atoms with Gasteiger partial charge in [-0.25, -0.2) is 0 Å². The number of nitrogens with one attached hydrogen (secondary N) is 1. The first kappa shape index (κ1) is 10.2. The molecule has 0 saturated heterocycles. The molecule has 3 heteroatoms. The van der Waals surface area contributed by atoms with Gasteiger partial charge >= 0.3 is 0 Å². The standard InChI is InChI=1S/C7H16ClNSi/c1-9-6-5-7(8)10(2,3)4/h5,9H,6H2,1-4H3/b7-5-. The second-order valence-electron chi connectivity index (χ2n) is 3.36. The molecule has 0 heterocycles. The van der Waals surface area contributed by atoms with Crippen molar-refractivity contribution in [1.29, 1.82) is 0 Å². The molecule has 0 aromatic carbocycles. The average Bonchev–Trinajstić information content (AvgIpc) is 1.80. The Bertz CT molecular complexity index is 126. The van der Waals surface area contributed by atoms with E-state index in [1.54, 1.807) is 0 Å². The van der Waals surface area contributed by atoms with Crippen molar-refractivity contribution in [2.75, 3.05) is 13.6 Å². The van der Waals surface area contributed by atoms with Crippen LogP contribution >= 0.6 is 11.6 Å². The molecule has 0 atom stereocenters. The van der Waals surface area contributed by atoms with E-state index in [9.17, 15) is 0 Å². The molecular formula is C7H16ClNSi. The van der Waals surface area contributed by atoms with Gasteiger partial charge in [0.15, 0.2) is 0 Å². The maximum absolute atomic E-state index is 6.02. The molecule has 1 N–H and O–H groups in total. The van der Waals surface area contributed by atoms with Gasteiger partial charge in [0.1, 0.15) is 0 Å². The largest absolute Gasteiger partial charge is 0.316 e. The van der Waals surface area contributed by atoms with E-state index in [1.807, 2.05) is 7.05 Å². The van der Waals surface area contributed by atoms with Gasteiger partial charge in [0, 0.05) is 11.2 Å². The molecule has 1 nitrogen and oxygen atoms in total. The Balaban J connectivity index is 3.93. The van der Waals surface area contributed by atoms with Crippen LogP contribution in [0.1, 0.15) is 0 Å². The van der Waals surface area contributed by atoms with Gasteiger partial charge < -0.3 is 5.32 Å². The fourth-order valence-electron chi connectivity index (χ4n) is 0.498. The van der Waals surface area contributed by atoms with E-state index in [2.05, 4.69) is 31.0 Å². The first-order chi connectivity index (χ1) is 4.48. The van der Waals surface area contributed by atoms with Crippen molar-refractivity contribution >= 4 is 19.7 Å². The van der Waals surface area contributed by atoms with Crippen LogP contribution in [0, 0.1) is 0 Å². The third-order valence-corrected chi connectivity index (χ3v) is 4.69. The molecule has 0 fully saturated rings. The van der Waals surface area contributed by atoms with E-state index in [4.69, 9.17) is 11.6 Å². The van der Waals surface area contributed by atoms with E-state index in [1.165, 1.54) is 0 Å². The van der Waals surface area contributed by atoms with Crippen molar-refractivity contribution < 1.29 is 0 Å². The maximum atomic E-state index is 6.02. The van der Waals surface area contributed by atoms with Gasteiger partial charge in [0.05, 0.1) is 8.07 Å². The third kappa shape index (κ3) is 4.09. The topological polar surface area (TPSA) is 12.0 Å². The summed E-state index contributed by atoms with van der Waals surface area (Å²) >= 11 is 6.02. The van der Waals surface area contributed by atoms with E-state index in [0.717, 1.165) is 11.2 Å². The zero-order valence-corrected chi connectivity index (χ0v) is 8.92. The lowest BCUT2D eigenvalue weighted by Crippen LogP contribution is -2.21. The van der Waals surface area contributed by atoms with Crippen molar-refractivity contribution in [2.24, 2.45) is 0 Å². The molecule has 0 unspecified atom stereocenters. The second kappa shape index (κ2) is 4.16. The van der Waals surface area contributed by atoms with Crippen molar-refractivity contribution in [3.63, 3.8) is 0 Å². The number of likely N-dealkylation sites (N-methyl/N-ethyl adjacent to an activating group) is 1. The smallest absolute Gasteiger partial charge is 0.0918 e. The third-order valence-electron chi connectivity index (χ3n) is 1.20. The van der Waals surface area contributed by atoms with E-state index < -0.39 is 8.07 Å². The summed E-state index contributed by atoms with van der Waals surface area (Å²) in [5.41, 5.74) is 0. The van der Waals surface area contributed by atoms with Crippen LogP contribution in [0.3, 0.4) is 0 Å². The predicted molar refractivity (Wildman–Crippen MR) is 51.2 cm³/mol. The Morgan fingerprint density at radius 1 is 1.50 bits per heavy atom. The van der Waals surface area contributed by atoms with Crippen LogP contribution in [0.5, 0.6) is 0 Å². The van der Waals surface area contributed by atoms with E-state index >= 15 is 0 Å². The molecule has 60 valence electrons. The minimum Gasteiger partial charge on any atom is -0.316 e. The number of rotatable bonds is 3. The Hall–Kier alpha value is 0.207. The summed E-state index contributed by atoms with van der Waals surface area (Å²) in [4.78, 5) is 0. The number of halogens is 1. The van der Waals surface area contributed by atoms with Crippen LogP contribution in [-0.2, 0) is 0 Å². The quantitative estimate of drug-likeness (QED) is 0.652. The van der Waals surface area contributed by atoms with Gasteiger partial charge in [0.2, 0.25) is 0 Å². The molecule has 0 amide bonds. The highest BCUT2D eigenvalue weighted by molar-refractivity contribution is 6.91. The van der Waals surface area contributed by atoms with Crippen LogP contribution in [0.25, 0.3) is 0 Å². The minimum atomic E-state index is -1.21. The van der Waals surface area contributed by atoms with Gasteiger partial charge in [-0.15, -0.1) is 0 Å². The molecule has 0 aromatic rings. The van der Waals surface area contributed by atoms with Gasteiger partial charge in [-0.2, -0.15) is 0 Å². The van der Waals surface area contributed by atoms with E-state index in [0.29, 0.717) is 0 Å².